The number of methoxy groups -OCH3 is 1. The lowest BCUT2D eigenvalue weighted by molar-refractivity contribution is 0.415. The van der Waals surface area contributed by atoms with Crippen LogP contribution >= 0.6 is 0 Å². The highest BCUT2D eigenvalue weighted by atomic mass is 16.5. The predicted octanol–water partition coefficient (Wildman–Crippen LogP) is 4.88. The Hall–Kier alpha value is -3.33. The van der Waals surface area contributed by atoms with Crippen molar-refractivity contribution in [3.8, 4) is 28.1 Å². The van der Waals surface area contributed by atoms with Crippen molar-refractivity contribution < 1.29 is 4.74 Å². The van der Waals surface area contributed by atoms with Crippen LogP contribution in [0.2, 0.25) is 0 Å². The molecule has 0 aliphatic carbocycles. The van der Waals surface area contributed by atoms with E-state index in [1.165, 1.54) is 0 Å². The number of rotatable bonds is 3. The monoisotopic (exact) mass is 341 g/mol. The maximum Gasteiger partial charge on any atom is 0.258 e. The lowest BCUT2D eigenvalue weighted by Gasteiger charge is -2.18. The minimum absolute atomic E-state index is 0.0302. The largest absolute Gasteiger partial charge is 0.497 e. The van der Waals surface area contributed by atoms with E-state index in [-0.39, 0.29) is 5.56 Å². The fraction of sp³-hybridized carbons (Fsp3) is 0.0870. The molecule has 0 saturated heterocycles. The van der Waals surface area contributed by atoms with Crippen molar-refractivity contribution in [3.63, 3.8) is 0 Å². The van der Waals surface area contributed by atoms with Gasteiger partial charge in [-0.15, -0.1) is 0 Å². The summed E-state index contributed by atoms with van der Waals surface area (Å²) in [6.07, 6.45) is 0. The number of hydrogen-bond acceptors (Lipinski definition) is 2. The molecule has 0 N–H and O–H groups in total. The molecule has 3 nitrogen and oxygen atoms in total. The highest BCUT2D eigenvalue weighted by Crippen LogP contribution is 2.37. The topological polar surface area (TPSA) is 31.2 Å². The van der Waals surface area contributed by atoms with Crippen LogP contribution in [0.3, 0.4) is 0 Å². The Morgan fingerprint density at radius 3 is 2.00 bits per heavy atom. The minimum Gasteiger partial charge on any atom is -0.497 e. The number of benzene rings is 3. The van der Waals surface area contributed by atoms with Gasteiger partial charge in [-0.25, -0.2) is 0 Å². The fourth-order valence-corrected chi connectivity index (χ4v) is 3.45. The molecule has 0 saturated carbocycles. The zero-order chi connectivity index (χ0) is 18.1. The first-order chi connectivity index (χ1) is 12.7. The SMILES string of the molecule is COc1ccc2c(-c3ccccc3)c(-c3ccccc3)n(C)c(=O)c2c1. The van der Waals surface area contributed by atoms with E-state index >= 15 is 0 Å². The summed E-state index contributed by atoms with van der Waals surface area (Å²) in [4.78, 5) is 13.1. The molecule has 0 aliphatic heterocycles. The Morgan fingerprint density at radius 2 is 1.38 bits per heavy atom. The Labute approximate surface area is 152 Å². The summed E-state index contributed by atoms with van der Waals surface area (Å²) in [6, 6.07) is 25.9. The third kappa shape index (κ3) is 2.58. The van der Waals surface area contributed by atoms with Gasteiger partial charge in [-0.3, -0.25) is 4.79 Å². The van der Waals surface area contributed by atoms with Gasteiger partial charge in [-0.2, -0.15) is 0 Å². The van der Waals surface area contributed by atoms with Crippen LogP contribution in [0, 0.1) is 0 Å². The second-order valence-electron chi connectivity index (χ2n) is 6.23. The van der Waals surface area contributed by atoms with Gasteiger partial charge in [0.25, 0.3) is 5.56 Å². The van der Waals surface area contributed by atoms with Gasteiger partial charge in [0.15, 0.2) is 0 Å². The van der Waals surface area contributed by atoms with E-state index in [0.29, 0.717) is 11.1 Å². The Bertz CT molecular complexity index is 1130. The van der Waals surface area contributed by atoms with Crippen LogP contribution in [0.4, 0.5) is 0 Å². The van der Waals surface area contributed by atoms with E-state index in [1.807, 2.05) is 73.8 Å². The number of aromatic nitrogens is 1. The third-order valence-corrected chi connectivity index (χ3v) is 4.71. The predicted molar refractivity (Wildman–Crippen MR) is 107 cm³/mol. The molecule has 0 unspecified atom stereocenters. The van der Waals surface area contributed by atoms with E-state index in [4.69, 9.17) is 4.74 Å². The summed E-state index contributed by atoms with van der Waals surface area (Å²) in [7, 11) is 3.44. The maximum atomic E-state index is 13.1. The summed E-state index contributed by atoms with van der Waals surface area (Å²) in [6.45, 7) is 0. The molecule has 0 fully saturated rings. The lowest BCUT2D eigenvalue weighted by atomic mass is 9.93. The third-order valence-electron chi connectivity index (χ3n) is 4.71. The van der Waals surface area contributed by atoms with Gasteiger partial charge >= 0.3 is 0 Å². The Morgan fingerprint density at radius 1 is 0.769 bits per heavy atom. The molecule has 4 aromatic rings. The quantitative estimate of drug-likeness (QED) is 0.532. The van der Waals surface area contributed by atoms with E-state index < -0.39 is 0 Å². The van der Waals surface area contributed by atoms with Crippen LogP contribution in [0.25, 0.3) is 33.2 Å². The Balaban J connectivity index is 2.20. The molecule has 4 rings (SSSR count). The van der Waals surface area contributed by atoms with Crippen LogP contribution in [0.1, 0.15) is 0 Å². The summed E-state index contributed by atoms with van der Waals surface area (Å²) < 4.78 is 7.07. The molecule has 0 spiro atoms. The van der Waals surface area contributed by atoms with E-state index in [9.17, 15) is 4.79 Å². The molecule has 0 radical (unpaired) electrons. The van der Waals surface area contributed by atoms with Crippen molar-refractivity contribution in [2.45, 2.75) is 0 Å². The molecule has 1 aromatic heterocycles. The van der Waals surface area contributed by atoms with Crippen LogP contribution in [-0.4, -0.2) is 11.7 Å². The zero-order valence-electron chi connectivity index (χ0n) is 14.8. The smallest absolute Gasteiger partial charge is 0.258 e. The van der Waals surface area contributed by atoms with Crippen molar-refractivity contribution in [1.29, 1.82) is 0 Å². The minimum atomic E-state index is -0.0302. The molecule has 3 aromatic carbocycles. The molecule has 26 heavy (non-hydrogen) atoms. The second-order valence-corrected chi connectivity index (χ2v) is 6.23. The van der Waals surface area contributed by atoms with Crippen LogP contribution < -0.4 is 10.3 Å². The Kier molecular flexibility index (Phi) is 4.05. The average molecular weight is 341 g/mol. The summed E-state index contributed by atoms with van der Waals surface area (Å²) in [5.74, 6) is 0.682. The average Bonchev–Trinajstić information content (AvgIpc) is 2.71. The highest BCUT2D eigenvalue weighted by Gasteiger charge is 2.18. The van der Waals surface area contributed by atoms with Gasteiger partial charge in [0.05, 0.1) is 18.2 Å². The van der Waals surface area contributed by atoms with Crippen LogP contribution in [-0.2, 0) is 7.05 Å². The first-order valence-corrected chi connectivity index (χ1v) is 8.52. The maximum absolute atomic E-state index is 13.1. The standard InChI is InChI=1S/C23H19NO2/c1-24-22(17-11-7-4-8-12-17)21(16-9-5-3-6-10-16)19-14-13-18(26-2)15-20(19)23(24)25/h3-15H,1-2H3. The molecule has 0 bridgehead atoms. The molecular formula is C23H19NO2. The highest BCUT2D eigenvalue weighted by molar-refractivity contribution is 6.03. The van der Waals surface area contributed by atoms with Gasteiger partial charge in [-0.05, 0) is 34.7 Å². The molecule has 1 heterocycles. The van der Waals surface area contributed by atoms with Gasteiger partial charge in [0.2, 0.25) is 0 Å². The van der Waals surface area contributed by atoms with E-state index in [1.54, 1.807) is 11.7 Å². The number of fused-ring (bicyclic) bond motifs is 1. The van der Waals surface area contributed by atoms with Crippen molar-refractivity contribution >= 4 is 10.8 Å². The number of hydrogen-bond donors (Lipinski definition) is 0. The van der Waals surface area contributed by atoms with Crippen LogP contribution in [0.5, 0.6) is 5.75 Å². The van der Waals surface area contributed by atoms with E-state index in [2.05, 4.69) is 12.1 Å². The molecule has 128 valence electrons. The number of pyridine rings is 1. The van der Waals surface area contributed by atoms with Crippen molar-refractivity contribution in [2.75, 3.05) is 7.11 Å². The summed E-state index contributed by atoms with van der Waals surface area (Å²) >= 11 is 0. The first kappa shape index (κ1) is 16.2. The zero-order valence-corrected chi connectivity index (χ0v) is 14.8. The van der Waals surface area contributed by atoms with Gasteiger partial charge in [0, 0.05) is 12.6 Å². The van der Waals surface area contributed by atoms with Crippen molar-refractivity contribution in [2.24, 2.45) is 7.05 Å². The first-order valence-electron chi connectivity index (χ1n) is 8.52. The van der Waals surface area contributed by atoms with E-state index in [0.717, 1.165) is 27.8 Å². The van der Waals surface area contributed by atoms with Gasteiger partial charge in [-0.1, -0.05) is 60.7 Å². The molecule has 0 aliphatic rings. The van der Waals surface area contributed by atoms with Gasteiger partial charge in [0.1, 0.15) is 5.75 Å². The van der Waals surface area contributed by atoms with Crippen molar-refractivity contribution in [3.05, 3.63) is 89.2 Å². The summed E-state index contributed by atoms with van der Waals surface area (Å²) in [5, 5.41) is 1.59. The molecule has 3 heteroatoms. The fourth-order valence-electron chi connectivity index (χ4n) is 3.45. The number of ether oxygens (including phenoxy) is 1. The number of nitrogens with zero attached hydrogens (tertiary/aromatic N) is 1. The van der Waals surface area contributed by atoms with Crippen molar-refractivity contribution in [1.82, 2.24) is 4.57 Å². The molecular weight excluding hydrogens is 322 g/mol. The molecule has 0 amide bonds. The normalized spacial score (nSPS) is 10.8. The van der Waals surface area contributed by atoms with Crippen LogP contribution in [0.15, 0.2) is 83.7 Å². The molecule has 0 atom stereocenters. The summed E-state index contributed by atoms with van der Waals surface area (Å²) in [5.41, 5.74) is 4.04. The second kappa shape index (κ2) is 6.52. The lowest BCUT2D eigenvalue weighted by Crippen LogP contribution is -2.20. The van der Waals surface area contributed by atoms with Gasteiger partial charge < -0.3 is 9.30 Å².